The second-order valence-electron chi connectivity index (χ2n) is 6.38. The summed E-state index contributed by atoms with van der Waals surface area (Å²) in [5.41, 5.74) is 0.876. The normalized spacial score (nSPS) is 18.1. The zero-order chi connectivity index (χ0) is 16.4. The number of likely N-dealkylation sites (tertiary alicyclic amines) is 1. The Balaban J connectivity index is 1.74. The average Bonchev–Trinajstić information content (AvgIpc) is 3.26. The van der Waals surface area contributed by atoms with Gasteiger partial charge in [0.15, 0.2) is 0 Å². The number of aryl methyl sites for hydroxylation is 1. The number of imidazole rings is 1. The van der Waals surface area contributed by atoms with E-state index in [0.29, 0.717) is 12.5 Å². The molecule has 2 aromatic heterocycles. The van der Waals surface area contributed by atoms with Crippen molar-refractivity contribution in [3.63, 3.8) is 0 Å². The van der Waals surface area contributed by atoms with Crippen LogP contribution in [0.25, 0.3) is 0 Å². The van der Waals surface area contributed by atoms with Crippen molar-refractivity contribution in [3.8, 4) is 0 Å². The number of rotatable bonds is 5. The number of carbonyl (C=O) groups is 1. The Morgan fingerprint density at radius 3 is 3.00 bits per heavy atom. The summed E-state index contributed by atoms with van der Waals surface area (Å²) >= 11 is 0. The summed E-state index contributed by atoms with van der Waals surface area (Å²) in [4.78, 5) is 18.9. The first-order chi connectivity index (χ1) is 11.1. The summed E-state index contributed by atoms with van der Waals surface area (Å²) in [5.74, 6) is 2.24. The van der Waals surface area contributed by atoms with Crippen molar-refractivity contribution >= 4 is 5.91 Å². The summed E-state index contributed by atoms with van der Waals surface area (Å²) in [6, 6.07) is 2.03. The Morgan fingerprint density at radius 2 is 2.30 bits per heavy atom. The zero-order valence-corrected chi connectivity index (χ0v) is 14.0. The second kappa shape index (κ2) is 6.56. The highest BCUT2D eigenvalue weighted by atomic mass is 16.5. The summed E-state index contributed by atoms with van der Waals surface area (Å²) in [5, 5.41) is 4.19. The Labute approximate surface area is 136 Å². The number of hydrogen-bond donors (Lipinski definition) is 0. The van der Waals surface area contributed by atoms with Crippen LogP contribution in [0.5, 0.6) is 0 Å². The van der Waals surface area contributed by atoms with Crippen molar-refractivity contribution in [1.29, 1.82) is 0 Å². The van der Waals surface area contributed by atoms with E-state index in [9.17, 15) is 4.79 Å². The Bertz CT molecular complexity index is 674. The average molecular weight is 316 g/mol. The van der Waals surface area contributed by atoms with Gasteiger partial charge in [-0.3, -0.25) is 4.79 Å². The molecule has 0 spiro atoms. The zero-order valence-electron chi connectivity index (χ0n) is 14.0. The largest absolute Gasteiger partial charge is 0.361 e. The molecule has 0 aliphatic carbocycles. The van der Waals surface area contributed by atoms with Crippen molar-refractivity contribution < 1.29 is 9.32 Å². The van der Waals surface area contributed by atoms with Crippen molar-refractivity contribution in [3.05, 3.63) is 35.7 Å². The van der Waals surface area contributed by atoms with Crippen LogP contribution >= 0.6 is 0 Å². The number of amides is 1. The third-order valence-corrected chi connectivity index (χ3v) is 4.45. The van der Waals surface area contributed by atoms with Gasteiger partial charge < -0.3 is 14.0 Å². The van der Waals surface area contributed by atoms with Gasteiger partial charge in [-0.2, -0.15) is 0 Å². The molecular weight excluding hydrogens is 292 g/mol. The maximum absolute atomic E-state index is 12.7. The molecule has 1 fully saturated rings. The van der Waals surface area contributed by atoms with Crippen molar-refractivity contribution in [2.24, 2.45) is 0 Å². The van der Waals surface area contributed by atoms with E-state index in [1.54, 1.807) is 6.20 Å². The van der Waals surface area contributed by atoms with Crippen LogP contribution in [0.4, 0.5) is 0 Å². The van der Waals surface area contributed by atoms with Gasteiger partial charge in [0.05, 0.1) is 6.04 Å². The fraction of sp³-hybridized carbons (Fsp3) is 0.588. The van der Waals surface area contributed by atoms with Crippen LogP contribution in [0.2, 0.25) is 0 Å². The number of carbonyl (C=O) groups excluding carboxylic acids is 1. The lowest BCUT2D eigenvalue weighted by Crippen LogP contribution is -2.33. The maximum Gasteiger partial charge on any atom is 0.243 e. The van der Waals surface area contributed by atoms with Gasteiger partial charge in [-0.05, 0) is 12.8 Å². The molecule has 3 heterocycles. The van der Waals surface area contributed by atoms with Crippen LogP contribution in [-0.2, 0) is 17.8 Å². The van der Waals surface area contributed by atoms with E-state index >= 15 is 0 Å². The van der Waals surface area contributed by atoms with Gasteiger partial charge >= 0.3 is 0 Å². The van der Waals surface area contributed by atoms with Crippen LogP contribution in [0.1, 0.15) is 62.9 Å². The maximum atomic E-state index is 12.7. The van der Waals surface area contributed by atoms with Gasteiger partial charge in [-0.1, -0.05) is 25.9 Å². The van der Waals surface area contributed by atoms with Crippen molar-refractivity contribution in [2.45, 2.75) is 58.5 Å². The third-order valence-electron chi connectivity index (χ3n) is 4.45. The molecule has 1 amide bonds. The summed E-state index contributed by atoms with van der Waals surface area (Å²) in [6.45, 7) is 7.32. The molecule has 2 aromatic rings. The monoisotopic (exact) mass is 316 g/mol. The number of nitrogens with zero attached hydrogens (tertiary/aromatic N) is 4. The number of aromatic nitrogens is 3. The highest BCUT2D eigenvalue weighted by Gasteiger charge is 2.32. The molecule has 0 bridgehead atoms. The van der Waals surface area contributed by atoms with Gasteiger partial charge in [-0.15, -0.1) is 0 Å². The van der Waals surface area contributed by atoms with Gasteiger partial charge in [0.1, 0.15) is 23.8 Å². The van der Waals surface area contributed by atoms with E-state index in [1.165, 1.54) is 0 Å². The molecule has 124 valence electrons. The predicted molar refractivity (Wildman–Crippen MR) is 85.9 cm³/mol. The lowest BCUT2D eigenvalue weighted by molar-refractivity contribution is -0.132. The van der Waals surface area contributed by atoms with Gasteiger partial charge in [0, 0.05) is 37.3 Å². The number of hydrogen-bond acceptors (Lipinski definition) is 4. The summed E-state index contributed by atoms with van der Waals surface area (Å²) < 4.78 is 7.34. The molecule has 6 nitrogen and oxygen atoms in total. The molecule has 1 atom stereocenters. The minimum atomic E-state index is 0.0346. The molecule has 0 unspecified atom stereocenters. The quantitative estimate of drug-likeness (QED) is 0.851. The van der Waals surface area contributed by atoms with Gasteiger partial charge in [0.2, 0.25) is 5.91 Å². The molecule has 0 saturated carbocycles. The van der Waals surface area contributed by atoms with Crippen LogP contribution in [0.3, 0.4) is 0 Å². The highest BCUT2D eigenvalue weighted by Crippen LogP contribution is 2.32. The van der Waals surface area contributed by atoms with E-state index in [1.807, 2.05) is 28.7 Å². The van der Waals surface area contributed by atoms with Gasteiger partial charge in [-0.25, -0.2) is 4.98 Å². The standard InChI is InChI=1S/C17H24N4O2/c1-4-16-18-7-9-20(16)11-17(22)21-8-5-6-14(21)13-10-15(12(2)3)23-19-13/h7,9-10,12,14H,4-6,8,11H2,1-3H3/t14-/m1/s1. The Hall–Kier alpha value is -2.11. The van der Waals surface area contributed by atoms with Crippen molar-refractivity contribution in [1.82, 2.24) is 19.6 Å². The lowest BCUT2D eigenvalue weighted by atomic mass is 10.1. The summed E-state index contributed by atoms with van der Waals surface area (Å²) in [7, 11) is 0. The van der Waals surface area contributed by atoms with Crippen molar-refractivity contribution in [2.75, 3.05) is 6.54 Å². The smallest absolute Gasteiger partial charge is 0.243 e. The first-order valence-corrected chi connectivity index (χ1v) is 8.36. The summed E-state index contributed by atoms with van der Waals surface area (Å²) in [6.07, 6.45) is 6.39. The minimum Gasteiger partial charge on any atom is -0.361 e. The van der Waals surface area contributed by atoms with E-state index in [0.717, 1.165) is 43.1 Å². The van der Waals surface area contributed by atoms with Crippen LogP contribution in [0, 0.1) is 0 Å². The molecule has 1 saturated heterocycles. The molecule has 0 N–H and O–H groups in total. The third kappa shape index (κ3) is 3.16. The van der Waals surface area contributed by atoms with Crippen LogP contribution < -0.4 is 0 Å². The highest BCUT2D eigenvalue weighted by molar-refractivity contribution is 5.76. The second-order valence-corrected chi connectivity index (χ2v) is 6.38. The Morgan fingerprint density at radius 1 is 1.48 bits per heavy atom. The molecule has 0 aromatic carbocycles. The van der Waals surface area contributed by atoms with E-state index in [4.69, 9.17) is 4.52 Å². The van der Waals surface area contributed by atoms with Gasteiger partial charge in [0.25, 0.3) is 0 Å². The molecule has 1 aliphatic rings. The fourth-order valence-electron chi connectivity index (χ4n) is 3.14. The predicted octanol–water partition coefficient (Wildman–Crippen LogP) is 2.92. The minimum absolute atomic E-state index is 0.0346. The van der Waals surface area contributed by atoms with Crippen LogP contribution in [0.15, 0.2) is 23.0 Å². The fourth-order valence-corrected chi connectivity index (χ4v) is 3.14. The molecular formula is C17H24N4O2. The first kappa shape index (κ1) is 15.8. The lowest BCUT2D eigenvalue weighted by Gasteiger charge is -2.23. The van der Waals surface area contributed by atoms with Crippen LogP contribution in [-0.4, -0.2) is 32.1 Å². The molecule has 3 rings (SSSR count). The van der Waals surface area contributed by atoms with E-state index in [-0.39, 0.29) is 11.9 Å². The SMILES string of the molecule is CCc1nccn1CC(=O)N1CCC[C@@H]1c1cc(C(C)C)on1. The van der Waals surface area contributed by atoms with E-state index < -0.39 is 0 Å². The molecule has 23 heavy (non-hydrogen) atoms. The molecule has 0 radical (unpaired) electrons. The topological polar surface area (TPSA) is 64.2 Å². The molecule has 1 aliphatic heterocycles. The molecule has 6 heteroatoms. The first-order valence-electron chi connectivity index (χ1n) is 8.36. The van der Waals surface area contributed by atoms with E-state index in [2.05, 4.69) is 24.0 Å². The Kier molecular flexibility index (Phi) is 4.50.